The lowest BCUT2D eigenvalue weighted by Crippen LogP contribution is -2.07. The van der Waals surface area contributed by atoms with Gasteiger partial charge in [-0.05, 0) is 20.8 Å². The Kier molecular flexibility index (Phi) is 2.80. The minimum atomic E-state index is -0.271. The van der Waals surface area contributed by atoms with E-state index in [1.807, 2.05) is 0 Å². The van der Waals surface area contributed by atoms with Crippen LogP contribution in [0.5, 0.6) is 0 Å². The van der Waals surface area contributed by atoms with Gasteiger partial charge in [0.15, 0.2) is 5.78 Å². The zero-order valence-corrected chi connectivity index (χ0v) is 6.36. The van der Waals surface area contributed by atoms with Crippen molar-refractivity contribution in [3.8, 4) is 0 Å². The second kappa shape index (κ2) is 3.15. The lowest BCUT2D eigenvalue weighted by Gasteiger charge is -2.00. The van der Waals surface area contributed by atoms with Gasteiger partial charge in [0.1, 0.15) is 5.76 Å². The molecule has 0 aromatic heterocycles. The molecule has 0 radical (unpaired) electrons. The summed E-state index contributed by atoms with van der Waals surface area (Å²) >= 11 is 0. The monoisotopic (exact) mass is 141 g/mol. The summed E-state index contributed by atoms with van der Waals surface area (Å²) < 4.78 is 0. The smallest absolute Gasteiger partial charge is 0.164 e. The van der Waals surface area contributed by atoms with Crippen molar-refractivity contribution in [2.24, 2.45) is 0 Å². The third kappa shape index (κ3) is 2.01. The van der Waals surface area contributed by atoms with Gasteiger partial charge in [-0.3, -0.25) is 4.79 Å². The number of allylic oxidation sites excluding steroid dienone is 2. The molecule has 0 spiro atoms. The Balaban J connectivity index is 4.79. The van der Waals surface area contributed by atoms with Gasteiger partial charge in [-0.15, -0.1) is 0 Å². The average Bonchev–Trinajstić information content (AvgIpc) is 1.59. The molecule has 0 bridgehead atoms. The predicted molar refractivity (Wildman–Crippen MR) is 39.4 cm³/mol. The third-order valence-corrected chi connectivity index (χ3v) is 1.09. The standard InChI is InChI=1S/C7H11NO2/c1-4(8)7(5(2)9)6(3)10/h8-9H,1-3H3/b7-5-,8-4?. The van der Waals surface area contributed by atoms with Crippen LogP contribution in [-0.2, 0) is 4.79 Å². The van der Waals surface area contributed by atoms with E-state index in [2.05, 4.69) is 0 Å². The van der Waals surface area contributed by atoms with Crippen LogP contribution in [0.1, 0.15) is 20.8 Å². The number of rotatable bonds is 2. The van der Waals surface area contributed by atoms with Crippen molar-refractivity contribution >= 4 is 11.5 Å². The van der Waals surface area contributed by atoms with Crippen LogP contribution in [0, 0.1) is 5.41 Å². The first-order chi connectivity index (χ1) is 4.46. The molecule has 56 valence electrons. The normalized spacial score (nSPS) is 12.3. The molecule has 0 aromatic carbocycles. The molecule has 0 heterocycles. The number of hydrogen-bond acceptors (Lipinski definition) is 3. The van der Waals surface area contributed by atoms with E-state index < -0.39 is 0 Å². The fourth-order valence-corrected chi connectivity index (χ4v) is 0.790. The number of Topliss-reactive ketones (excluding diaryl/α,β-unsaturated/α-hetero) is 1. The van der Waals surface area contributed by atoms with Crippen LogP contribution in [0.25, 0.3) is 0 Å². The molecule has 0 aromatic rings. The summed E-state index contributed by atoms with van der Waals surface area (Å²) in [7, 11) is 0. The highest BCUT2D eigenvalue weighted by Gasteiger charge is 2.08. The summed E-state index contributed by atoms with van der Waals surface area (Å²) in [5.41, 5.74) is 0.215. The van der Waals surface area contributed by atoms with Crippen molar-refractivity contribution in [2.45, 2.75) is 20.8 Å². The largest absolute Gasteiger partial charge is 0.512 e. The molecule has 2 N–H and O–H groups in total. The lowest BCUT2D eigenvalue weighted by molar-refractivity contribution is -0.113. The van der Waals surface area contributed by atoms with E-state index in [-0.39, 0.29) is 22.8 Å². The van der Waals surface area contributed by atoms with Crippen LogP contribution in [0.3, 0.4) is 0 Å². The van der Waals surface area contributed by atoms with E-state index in [1.54, 1.807) is 0 Å². The van der Waals surface area contributed by atoms with Crippen LogP contribution < -0.4 is 0 Å². The van der Waals surface area contributed by atoms with Crippen LogP contribution in [0.4, 0.5) is 0 Å². The second-order valence-electron chi connectivity index (χ2n) is 2.14. The second-order valence-corrected chi connectivity index (χ2v) is 2.14. The number of ketones is 1. The van der Waals surface area contributed by atoms with E-state index in [9.17, 15) is 4.79 Å². The van der Waals surface area contributed by atoms with E-state index in [4.69, 9.17) is 10.5 Å². The molecule has 0 aliphatic rings. The first-order valence-corrected chi connectivity index (χ1v) is 2.93. The van der Waals surface area contributed by atoms with Crippen molar-refractivity contribution in [2.75, 3.05) is 0 Å². The zero-order valence-electron chi connectivity index (χ0n) is 6.36. The Hall–Kier alpha value is -1.12. The highest BCUT2D eigenvalue weighted by Crippen LogP contribution is 2.03. The van der Waals surface area contributed by atoms with Crippen molar-refractivity contribution in [1.29, 1.82) is 5.41 Å². The van der Waals surface area contributed by atoms with Crippen LogP contribution >= 0.6 is 0 Å². The summed E-state index contributed by atoms with van der Waals surface area (Å²) in [6.45, 7) is 4.19. The minimum Gasteiger partial charge on any atom is -0.512 e. The summed E-state index contributed by atoms with van der Waals surface area (Å²) in [6.07, 6.45) is 0. The first-order valence-electron chi connectivity index (χ1n) is 2.93. The van der Waals surface area contributed by atoms with Crippen LogP contribution in [-0.4, -0.2) is 16.6 Å². The Morgan fingerprint density at radius 2 is 1.70 bits per heavy atom. The Morgan fingerprint density at radius 3 is 1.70 bits per heavy atom. The molecular weight excluding hydrogens is 130 g/mol. The fraction of sp³-hybridized carbons (Fsp3) is 0.429. The molecule has 0 saturated heterocycles. The van der Waals surface area contributed by atoms with Crippen molar-refractivity contribution < 1.29 is 9.90 Å². The quantitative estimate of drug-likeness (QED) is 0.347. The van der Waals surface area contributed by atoms with Gasteiger partial charge in [0.2, 0.25) is 0 Å². The van der Waals surface area contributed by atoms with Gasteiger partial charge in [-0.1, -0.05) is 0 Å². The van der Waals surface area contributed by atoms with Gasteiger partial charge in [-0.2, -0.15) is 0 Å². The van der Waals surface area contributed by atoms with Gasteiger partial charge in [0.05, 0.1) is 5.57 Å². The summed E-state index contributed by atoms with van der Waals surface area (Å²) in [5, 5.41) is 15.9. The van der Waals surface area contributed by atoms with E-state index in [1.165, 1.54) is 20.8 Å². The lowest BCUT2D eigenvalue weighted by atomic mass is 10.1. The Labute approximate surface area is 59.9 Å². The molecule has 0 saturated carbocycles. The van der Waals surface area contributed by atoms with Gasteiger partial charge >= 0.3 is 0 Å². The average molecular weight is 141 g/mol. The number of aliphatic hydroxyl groups excluding tert-OH is 1. The molecule has 0 fully saturated rings. The predicted octanol–water partition coefficient (Wildman–Crippen LogP) is 1.45. The molecule has 0 unspecified atom stereocenters. The van der Waals surface area contributed by atoms with Gasteiger partial charge in [-0.25, -0.2) is 0 Å². The number of carbonyl (C=O) groups is 1. The maximum absolute atomic E-state index is 10.7. The van der Waals surface area contributed by atoms with Crippen molar-refractivity contribution in [1.82, 2.24) is 0 Å². The van der Waals surface area contributed by atoms with E-state index in [0.717, 1.165) is 0 Å². The summed E-state index contributed by atoms with van der Waals surface area (Å²) in [5.74, 6) is -0.354. The molecular formula is C7H11NO2. The number of carbonyl (C=O) groups excluding carboxylic acids is 1. The van der Waals surface area contributed by atoms with Crippen molar-refractivity contribution in [3.63, 3.8) is 0 Å². The maximum Gasteiger partial charge on any atom is 0.164 e. The number of aliphatic hydroxyl groups is 1. The van der Waals surface area contributed by atoms with Crippen molar-refractivity contribution in [3.05, 3.63) is 11.3 Å². The molecule has 0 aliphatic heterocycles. The third-order valence-electron chi connectivity index (χ3n) is 1.09. The Morgan fingerprint density at radius 1 is 1.30 bits per heavy atom. The van der Waals surface area contributed by atoms with Gasteiger partial charge in [0, 0.05) is 5.71 Å². The van der Waals surface area contributed by atoms with Gasteiger partial charge in [0.25, 0.3) is 0 Å². The maximum atomic E-state index is 10.7. The molecule has 0 rings (SSSR count). The summed E-state index contributed by atoms with van der Waals surface area (Å²) in [4.78, 5) is 10.7. The highest BCUT2D eigenvalue weighted by atomic mass is 16.3. The SMILES string of the molecule is CC(=N)/C(C(C)=O)=C(\C)O. The van der Waals surface area contributed by atoms with E-state index in [0.29, 0.717) is 0 Å². The molecule has 10 heavy (non-hydrogen) atoms. The molecule has 3 nitrogen and oxygen atoms in total. The number of nitrogens with one attached hydrogen (secondary N) is 1. The summed E-state index contributed by atoms with van der Waals surface area (Å²) in [6, 6.07) is 0. The minimum absolute atomic E-state index is 0.0833. The molecule has 0 aliphatic carbocycles. The molecule has 3 heteroatoms. The van der Waals surface area contributed by atoms with E-state index >= 15 is 0 Å². The Bertz CT molecular complexity index is 184. The zero-order chi connectivity index (χ0) is 8.31. The topological polar surface area (TPSA) is 61.2 Å². The first kappa shape index (κ1) is 8.88. The van der Waals surface area contributed by atoms with Gasteiger partial charge < -0.3 is 10.5 Å². The molecule has 0 amide bonds. The molecule has 0 atom stereocenters. The number of hydrogen-bond donors (Lipinski definition) is 2. The van der Waals surface area contributed by atoms with Crippen LogP contribution in [0.15, 0.2) is 11.3 Å². The fourth-order valence-electron chi connectivity index (χ4n) is 0.790. The van der Waals surface area contributed by atoms with Crippen LogP contribution in [0.2, 0.25) is 0 Å². The highest BCUT2D eigenvalue weighted by molar-refractivity contribution is 6.19.